The van der Waals surface area contributed by atoms with Crippen LogP contribution in [0.15, 0.2) is 48.7 Å². The highest BCUT2D eigenvalue weighted by Gasteiger charge is 2.37. The highest BCUT2D eigenvalue weighted by molar-refractivity contribution is 5.92. The maximum atomic E-state index is 15.0. The van der Waals surface area contributed by atoms with Crippen molar-refractivity contribution in [1.29, 1.82) is 0 Å². The van der Waals surface area contributed by atoms with Gasteiger partial charge in [-0.1, -0.05) is 6.07 Å². The van der Waals surface area contributed by atoms with Crippen molar-refractivity contribution in [2.45, 2.75) is 24.7 Å². The normalized spacial score (nSPS) is 17.5. The largest absolute Gasteiger partial charge is 0.416 e. The number of anilines is 1. The topological polar surface area (TPSA) is 45.2 Å². The van der Waals surface area contributed by atoms with Crippen molar-refractivity contribution in [3.05, 3.63) is 59.9 Å². The molecule has 0 aliphatic carbocycles. The molecule has 1 aromatic carbocycles. The highest BCUT2D eigenvalue weighted by atomic mass is 19.4. The Labute approximate surface area is 154 Å². The predicted octanol–water partition coefficient (Wildman–Crippen LogP) is 4.00. The number of alkyl halides is 4. The number of hydrogen-bond donors (Lipinski definition) is 1. The SMILES string of the molecule is O=C(CN1CCC(F)(c2ccccn2)CC1)Nc1ccc(C(F)(F)F)cc1. The number of halogens is 4. The van der Waals surface area contributed by atoms with Gasteiger partial charge in [0.2, 0.25) is 5.91 Å². The first-order chi connectivity index (χ1) is 12.8. The minimum Gasteiger partial charge on any atom is -0.325 e. The number of carbonyl (C=O) groups is 1. The number of rotatable bonds is 4. The molecule has 1 N–H and O–H groups in total. The van der Waals surface area contributed by atoms with Crippen molar-refractivity contribution >= 4 is 11.6 Å². The summed E-state index contributed by atoms with van der Waals surface area (Å²) < 4.78 is 52.7. The Balaban J connectivity index is 1.51. The van der Waals surface area contributed by atoms with E-state index in [4.69, 9.17) is 0 Å². The Morgan fingerprint density at radius 2 is 1.78 bits per heavy atom. The first-order valence-corrected chi connectivity index (χ1v) is 8.56. The third kappa shape index (κ3) is 4.82. The van der Waals surface area contributed by atoms with Gasteiger partial charge in [0, 0.05) is 25.0 Å². The molecule has 0 saturated carbocycles. The summed E-state index contributed by atoms with van der Waals surface area (Å²) in [6, 6.07) is 9.39. The van der Waals surface area contributed by atoms with Gasteiger partial charge < -0.3 is 5.32 Å². The van der Waals surface area contributed by atoms with Crippen LogP contribution in [0.25, 0.3) is 0 Å². The lowest BCUT2D eigenvalue weighted by Crippen LogP contribution is -2.43. The maximum absolute atomic E-state index is 15.0. The molecule has 2 aromatic rings. The van der Waals surface area contributed by atoms with E-state index in [0.717, 1.165) is 12.1 Å². The lowest BCUT2D eigenvalue weighted by molar-refractivity contribution is -0.137. The van der Waals surface area contributed by atoms with Crippen molar-refractivity contribution in [3.63, 3.8) is 0 Å². The van der Waals surface area contributed by atoms with E-state index in [2.05, 4.69) is 10.3 Å². The number of likely N-dealkylation sites (tertiary alicyclic amines) is 1. The summed E-state index contributed by atoms with van der Waals surface area (Å²) in [4.78, 5) is 18.0. The molecule has 0 bridgehead atoms. The third-order valence-corrected chi connectivity index (χ3v) is 4.64. The van der Waals surface area contributed by atoms with Gasteiger partial charge in [0.15, 0.2) is 5.67 Å². The molecule has 1 fully saturated rings. The standard InChI is InChI=1S/C19H19F4N3O/c20-18(16-3-1-2-10-24-16)8-11-26(12-9-18)13-17(27)25-15-6-4-14(5-7-15)19(21,22)23/h1-7,10H,8-9,11-13H2,(H,25,27). The van der Waals surface area contributed by atoms with Gasteiger partial charge in [-0.25, -0.2) is 4.39 Å². The Morgan fingerprint density at radius 1 is 1.11 bits per heavy atom. The molecule has 1 aliphatic rings. The lowest BCUT2D eigenvalue weighted by atomic mass is 9.89. The number of benzene rings is 1. The Hall–Kier alpha value is -2.48. The van der Waals surface area contributed by atoms with E-state index < -0.39 is 17.4 Å². The summed E-state index contributed by atoms with van der Waals surface area (Å²) in [7, 11) is 0. The second kappa shape index (κ2) is 7.64. The molecule has 2 heterocycles. The Morgan fingerprint density at radius 3 is 2.33 bits per heavy atom. The lowest BCUT2D eigenvalue weighted by Gasteiger charge is -2.35. The van der Waals surface area contributed by atoms with Crippen LogP contribution in [0.5, 0.6) is 0 Å². The van der Waals surface area contributed by atoms with Crippen LogP contribution in [0.3, 0.4) is 0 Å². The molecular weight excluding hydrogens is 362 g/mol. The van der Waals surface area contributed by atoms with Crippen LogP contribution in [0, 0.1) is 0 Å². The molecule has 144 valence electrons. The van der Waals surface area contributed by atoms with Crippen molar-refractivity contribution in [2.75, 3.05) is 25.0 Å². The van der Waals surface area contributed by atoms with Crippen molar-refractivity contribution in [2.24, 2.45) is 0 Å². The summed E-state index contributed by atoms with van der Waals surface area (Å²) >= 11 is 0. The molecule has 27 heavy (non-hydrogen) atoms. The minimum absolute atomic E-state index is 0.0549. The van der Waals surface area contributed by atoms with Crippen molar-refractivity contribution in [3.8, 4) is 0 Å². The van der Waals surface area contributed by atoms with Crippen LogP contribution >= 0.6 is 0 Å². The molecule has 8 heteroatoms. The first-order valence-electron chi connectivity index (χ1n) is 8.56. The summed E-state index contributed by atoms with van der Waals surface area (Å²) in [5, 5.41) is 2.57. The summed E-state index contributed by atoms with van der Waals surface area (Å²) in [5.74, 6) is -0.348. The van der Waals surface area contributed by atoms with E-state index in [1.165, 1.54) is 12.1 Å². The van der Waals surface area contributed by atoms with E-state index in [-0.39, 0.29) is 25.3 Å². The van der Waals surface area contributed by atoms with Crippen LogP contribution in [-0.2, 0) is 16.6 Å². The zero-order valence-electron chi connectivity index (χ0n) is 14.5. The smallest absolute Gasteiger partial charge is 0.325 e. The number of aromatic nitrogens is 1. The van der Waals surface area contributed by atoms with Gasteiger partial charge in [-0.2, -0.15) is 13.2 Å². The van der Waals surface area contributed by atoms with E-state index in [9.17, 15) is 18.0 Å². The van der Waals surface area contributed by atoms with E-state index in [1.54, 1.807) is 24.4 Å². The molecule has 4 nitrogen and oxygen atoms in total. The zero-order valence-corrected chi connectivity index (χ0v) is 14.5. The van der Waals surface area contributed by atoms with Crippen LogP contribution in [-0.4, -0.2) is 35.4 Å². The number of nitrogens with zero attached hydrogens (tertiary/aromatic N) is 2. The second-order valence-electron chi connectivity index (χ2n) is 6.58. The average molecular weight is 381 g/mol. The number of carbonyl (C=O) groups excluding carboxylic acids is 1. The molecule has 0 unspecified atom stereocenters. The van der Waals surface area contributed by atoms with Crippen LogP contribution in [0.4, 0.5) is 23.2 Å². The molecule has 1 aromatic heterocycles. The molecular formula is C19H19F4N3O. The molecule has 0 spiro atoms. The third-order valence-electron chi connectivity index (χ3n) is 4.64. The van der Waals surface area contributed by atoms with Gasteiger partial charge in [0.05, 0.1) is 17.8 Å². The Bertz CT molecular complexity index is 770. The first kappa shape index (κ1) is 19.3. The van der Waals surface area contributed by atoms with Gasteiger partial charge in [0.1, 0.15) is 0 Å². The number of pyridine rings is 1. The fraction of sp³-hybridized carbons (Fsp3) is 0.368. The van der Waals surface area contributed by atoms with Gasteiger partial charge in [0.25, 0.3) is 0 Å². The fourth-order valence-electron chi connectivity index (χ4n) is 3.10. The molecule has 1 aliphatic heterocycles. The second-order valence-corrected chi connectivity index (χ2v) is 6.58. The quantitative estimate of drug-likeness (QED) is 0.815. The zero-order chi connectivity index (χ0) is 19.5. The maximum Gasteiger partial charge on any atom is 0.416 e. The number of amides is 1. The van der Waals surface area contributed by atoms with E-state index >= 15 is 4.39 Å². The van der Waals surface area contributed by atoms with Crippen molar-refractivity contribution in [1.82, 2.24) is 9.88 Å². The van der Waals surface area contributed by atoms with Crippen LogP contribution < -0.4 is 5.32 Å². The summed E-state index contributed by atoms with van der Waals surface area (Å²) in [6.45, 7) is 0.848. The van der Waals surface area contributed by atoms with Gasteiger partial charge in [-0.3, -0.25) is 14.7 Å². The predicted molar refractivity (Wildman–Crippen MR) is 92.8 cm³/mol. The van der Waals surface area contributed by atoms with Crippen molar-refractivity contribution < 1.29 is 22.4 Å². The van der Waals surface area contributed by atoms with E-state index in [0.29, 0.717) is 24.5 Å². The molecule has 3 rings (SSSR count). The van der Waals surface area contributed by atoms with Crippen LogP contribution in [0.1, 0.15) is 24.1 Å². The van der Waals surface area contributed by atoms with E-state index in [1.807, 2.05) is 4.90 Å². The molecule has 1 saturated heterocycles. The van der Waals surface area contributed by atoms with Gasteiger partial charge in [-0.15, -0.1) is 0 Å². The number of nitrogens with one attached hydrogen (secondary N) is 1. The average Bonchev–Trinajstić information content (AvgIpc) is 2.64. The Kier molecular flexibility index (Phi) is 5.46. The molecule has 1 amide bonds. The van der Waals surface area contributed by atoms with Crippen LogP contribution in [0.2, 0.25) is 0 Å². The van der Waals surface area contributed by atoms with Gasteiger partial charge >= 0.3 is 6.18 Å². The minimum atomic E-state index is -4.41. The van der Waals surface area contributed by atoms with Gasteiger partial charge in [-0.05, 0) is 49.2 Å². The number of hydrogen-bond acceptors (Lipinski definition) is 3. The summed E-state index contributed by atoms with van der Waals surface area (Å²) in [5.41, 5.74) is -1.58. The highest BCUT2D eigenvalue weighted by Crippen LogP contribution is 2.35. The monoisotopic (exact) mass is 381 g/mol. The molecule has 0 radical (unpaired) electrons. The fourth-order valence-corrected chi connectivity index (χ4v) is 3.10. The number of piperidine rings is 1. The molecule has 0 atom stereocenters. The summed E-state index contributed by atoms with van der Waals surface area (Å²) in [6.07, 6.45) is -2.39.